The lowest BCUT2D eigenvalue weighted by Gasteiger charge is -1.98. The summed E-state index contributed by atoms with van der Waals surface area (Å²) < 4.78 is 3.33. The van der Waals surface area contributed by atoms with Crippen LogP contribution in [-0.4, -0.2) is 14.5 Å². The zero-order valence-electron chi connectivity index (χ0n) is 9.84. The van der Waals surface area contributed by atoms with E-state index in [2.05, 4.69) is 35.5 Å². The molecule has 17 heavy (non-hydrogen) atoms. The number of benzene rings is 1. The summed E-state index contributed by atoms with van der Waals surface area (Å²) in [5.74, 6) is 0.443. The van der Waals surface area contributed by atoms with Crippen molar-refractivity contribution in [1.82, 2.24) is 9.38 Å². The van der Waals surface area contributed by atoms with Gasteiger partial charge in [-0.2, -0.15) is 0 Å². The molecule has 0 fully saturated rings. The summed E-state index contributed by atoms with van der Waals surface area (Å²) in [6.45, 7) is 4.38. The van der Waals surface area contributed by atoms with Gasteiger partial charge in [0, 0.05) is 6.20 Å². The highest BCUT2D eigenvalue weighted by Gasteiger charge is 2.10. The van der Waals surface area contributed by atoms with Crippen molar-refractivity contribution in [2.45, 2.75) is 26.4 Å². The van der Waals surface area contributed by atoms with Gasteiger partial charge in [-0.3, -0.25) is 4.40 Å². The Morgan fingerprint density at radius 1 is 1.41 bits per heavy atom. The Labute approximate surface area is 103 Å². The SMILES string of the molecule is CC(C)c1cn2c(n1)sc1ccc(CO)cc12. The molecule has 0 aliphatic carbocycles. The maximum Gasteiger partial charge on any atom is 0.194 e. The highest BCUT2D eigenvalue weighted by Crippen LogP contribution is 2.28. The third-order valence-electron chi connectivity index (χ3n) is 2.95. The van der Waals surface area contributed by atoms with Crippen molar-refractivity contribution in [2.24, 2.45) is 0 Å². The van der Waals surface area contributed by atoms with Crippen molar-refractivity contribution in [1.29, 1.82) is 0 Å². The highest BCUT2D eigenvalue weighted by atomic mass is 32.1. The molecule has 3 nitrogen and oxygen atoms in total. The van der Waals surface area contributed by atoms with E-state index in [4.69, 9.17) is 0 Å². The first-order valence-electron chi connectivity index (χ1n) is 5.70. The number of aliphatic hydroxyl groups is 1. The molecular formula is C13H14N2OS. The number of hydrogen-bond donors (Lipinski definition) is 1. The van der Waals surface area contributed by atoms with Crippen LogP contribution in [0.4, 0.5) is 0 Å². The molecule has 0 saturated carbocycles. The van der Waals surface area contributed by atoms with Crippen molar-refractivity contribution in [3.8, 4) is 0 Å². The first-order chi connectivity index (χ1) is 8.19. The van der Waals surface area contributed by atoms with Crippen molar-refractivity contribution in [3.05, 3.63) is 35.7 Å². The molecule has 0 aliphatic heterocycles. The second kappa shape index (κ2) is 3.82. The van der Waals surface area contributed by atoms with Crippen LogP contribution in [0.3, 0.4) is 0 Å². The number of imidazole rings is 1. The molecule has 2 aromatic heterocycles. The molecule has 0 aliphatic rings. The Morgan fingerprint density at radius 3 is 2.94 bits per heavy atom. The Bertz CT molecular complexity index is 681. The van der Waals surface area contributed by atoms with Crippen LogP contribution in [0.25, 0.3) is 15.2 Å². The van der Waals surface area contributed by atoms with E-state index in [0.717, 1.165) is 21.7 Å². The van der Waals surface area contributed by atoms with Crippen molar-refractivity contribution in [2.75, 3.05) is 0 Å². The van der Waals surface area contributed by atoms with Gasteiger partial charge in [0.05, 0.1) is 22.5 Å². The molecule has 3 rings (SSSR count). The quantitative estimate of drug-likeness (QED) is 0.754. The summed E-state index contributed by atoms with van der Waals surface area (Å²) in [7, 11) is 0. The topological polar surface area (TPSA) is 37.5 Å². The second-order valence-electron chi connectivity index (χ2n) is 4.54. The van der Waals surface area contributed by atoms with Crippen LogP contribution < -0.4 is 0 Å². The third kappa shape index (κ3) is 1.64. The van der Waals surface area contributed by atoms with E-state index >= 15 is 0 Å². The van der Waals surface area contributed by atoms with Gasteiger partial charge in [-0.25, -0.2) is 4.98 Å². The molecule has 1 aromatic carbocycles. The van der Waals surface area contributed by atoms with Crippen LogP contribution in [0.5, 0.6) is 0 Å². The molecule has 0 saturated heterocycles. The van der Waals surface area contributed by atoms with Crippen LogP contribution >= 0.6 is 11.3 Å². The number of aromatic nitrogens is 2. The lowest BCUT2D eigenvalue weighted by Crippen LogP contribution is -1.86. The number of aliphatic hydroxyl groups excluding tert-OH is 1. The van der Waals surface area contributed by atoms with E-state index in [1.54, 1.807) is 11.3 Å². The van der Waals surface area contributed by atoms with E-state index in [-0.39, 0.29) is 6.61 Å². The summed E-state index contributed by atoms with van der Waals surface area (Å²) in [5, 5.41) is 9.18. The van der Waals surface area contributed by atoms with Gasteiger partial charge in [-0.1, -0.05) is 31.3 Å². The predicted molar refractivity (Wildman–Crippen MR) is 70.6 cm³/mol. The van der Waals surface area contributed by atoms with Crippen molar-refractivity contribution in [3.63, 3.8) is 0 Å². The monoisotopic (exact) mass is 246 g/mol. The van der Waals surface area contributed by atoms with Crippen LogP contribution in [0.15, 0.2) is 24.4 Å². The third-order valence-corrected chi connectivity index (χ3v) is 3.99. The number of rotatable bonds is 2. The second-order valence-corrected chi connectivity index (χ2v) is 5.54. The normalized spacial score (nSPS) is 12.0. The van der Waals surface area contributed by atoms with Gasteiger partial charge in [-0.15, -0.1) is 0 Å². The first-order valence-corrected chi connectivity index (χ1v) is 6.52. The minimum absolute atomic E-state index is 0.0824. The molecule has 0 spiro atoms. The summed E-state index contributed by atoms with van der Waals surface area (Å²) in [5.41, 5.74) is 3.19. The van der Waals surface area contributed by atoms with E-state index in [9.17, 15) is 5.11 Å². The molecule has 0 unspecified atom stereocenters. The van der Waals surface area contributed by atoms with E-state index in [1.165, 1.54) is 4.70 Å². The molecule has 0 bridgehead atoms. The standard InChI is InChI=1S/C13H14N2OS/c1-8(2)10-6-15-11-5-9(7-16)3-4-12(11)17-13(15)14-10/h3-6,8,16H,7H2,1-2H3. The molecular weight excluding hydrogens is 232 g/mol. The maximum atomic E-state index is 9.18. The Kier molecular flexibility index (Phi) is 2.42. The van der Waals surface area contributed by atoms with Gasteiger partial charge in [0.15, 0.2) is 4.96 Å². The lowest BCUT2D eigenvalue weighted by atomic mass is 10.2. The van der Waals surface area contributed by atoms with Crippen LogP contribution in [0, 0.1) is 0 Å². The Hall–Kier alpha value is -1.39. The van der Waals surface area contributed by atoms with Crippen molar-refractivity contribution >= 4 is 26.5 Å². The van der Waals surface area contributed by atoms with Crippen molar-refractivity contribution < 1.29 is 5.11 Å². The van der Waals surface area contributed by atoms with Gasteiger partial charge in [0.25, 0.3) is 0 Å². The fourth-order valence-electron chi connectivity index (χ4n) is 1.94. The molecule has 4 heteroatoms. The smallest absolute Gasteiger partial charge is 0.194 e. The number of hydrogen-bond acceptors (Lipinski definition) is 3. The van der Waals surface area contributed by atoms with Gasteiger partial charge in [0.1, 0.15) is 0 Å². The number of fused-ring (bicyclic) bond motifs is 3. The largest absolute Gasteiger partial charge is 0.392 e. The van der Waals surface area contributed by atoms with Crippen LogP contribution in [0.1, 0.15) is 31.0 Å². The molecule has 0 atom stereocenters. The summed E-state index contributed by atoms with van der Waals surface area (Å²) in [6, 6.07) is 6.04. The summed E-state index contributed by atoms with van der Waals surface area (Å²) in [4.78, 5) is 5.65. The summed E-state index contributed by atoms with van der Waals surface area (Å²) >= 11 is 1.69. The number of nitrogens with zero attached hydrogens (tertiary/aromatic N) is 2. The molecule has 0 amide bonds. The summed E-state index contributed by atoms with van der Waals surface area (Å²) in [6.07, 6.45) is 2.10. The van der Waals surface area contributed by atoms with Gasteiger partial charge >= 0.3 is 0 Å². The van der Waals surface area contributed by atoms with Crippen LogP contribution in [0.2, 0.25) is 0 Å². The molecule has 0 radical (unpaired) electrons. The fraction of sp³-hybridized carbons (Fsp3) is 0.308. The Morgan fingerprint density at radius 2 is 2.24 bits per heavy atom. The first kappa shape index (κ1) is 10.7. The molecule has 3 aromatic rings. The van der Waals surface area contributed by atoms with Gasteiger partial charge < -0.3 is 5.11 Å². The van der Waals surface area contributed by atoms with E-state index < -0.39 is 0 Å². The van der Waals surface area contributed by atoms with Gasteiger partial charge in [0.2, 0.25) is 0 Å². The average molecular weight is 246 g/mol. The predicted octanol–water partition coefficient (Wildman–Crippen LogP) is 3.16. The van der Waals surface area contributed by atoms with E-state index in [0.29, 0.717) is 5.92 Å². The Balaban J connectivity index is 2.30. The molecule has 1 N–H and O–H groups in total. The minimum Gasteiger partial charge on any atom is -0.392 e. The lowest BCUT2D eigenvalue weighted by molar-refractivity contribution is 0.282. The molecule has 2 heterocycles. The highest BCUT2D eigenvalue weighted by molar-refractivity contribution is 7.23. The van der Waals surface area contributed by atoms with Crippen LogP contribution in [-0.2, 0) is 6.61 Å². The minimum atomic E-state index is 0.0824. The maximum absolute atomic E-state index is 9.18. The van der Waals surface area contributed by atoms with E-state index in [1.807, 2.05) is 12.1 Å². The molecule has 88 valence electrons. The zero-order chi connectivity index (χ0) is 12.0. The fourth-order valence-corrected chi connectivity index (χ4v) is 2.93. The number of thiazole rings is 1. The zero-order valence-corrected chi connectivity index (χ0v) is 10.7. The average Bonchev–Trinajstić information content (AvgIpc) is 2.85. The van der Waals surface area contributed by atoms with Gasteiger partial charge in [-0.05, 0) is 23.6 Å².